The molecular weight excluding hydrogens is 300 g/mol. The Kier molecular flexibility index (Phi) is 5.76. The minimum absolute atomic E-state index is 0.00754. The number of likely N-dealkylation sites (tertiary alicyclic amines) is 1. The standard InChI is InChI=1S/C15H24N4O2S/c1-10-6-4-5-7-19(10)14(20)11(2)17-15(21)16-8-13-9-22-12(3)18-13/h9-11H,4-8H2,1-3H3,(H2,16,17,21)/t10-,11-/m0/s1. The number of rotatable bonds is 4. The van der Waals surface area contributed by atoms with Crippen LogP contribution in [-0.2, 0) is 11.3 Å². The molecule has 2 N–H and O–H groups in total. The highest BCUT2D eigenvalue weighted by Gasteiger charge is 2.27. The predicted octanol–water partition coefficient (Wildman–Crippen LogP) is 2.04. The smallest absolute Gasteiger partial charge is 0.315 e. The molecule has 122 valence electrons. The SMILES string of the molecule is Cc1nc(CNC(=O)N[C@@H](C)C(=O)N2CCCC[C@@H]2C)cs1. The highest BCUT2D eigenvalue weighted by atomic mass is 32.1. The zero-order chi connectivity index (χ0) is 16.1. The second-order valence-corrected chi connectivity index (χ2v) is 6.85. The Bertz CT molecular complexity index is 531. The molecule has 1 aliphatic rings. The fourth-order valence-electron chi connectivity index (χ4n) is 2.64. The van der Waals surface area contributed by atoms with Gasteiger partial charge in [0.25, 0.3) is 0 Å². The van der Waals surface area contributed by atoms with Crippen LogP contribution in [0.1, 0.15) is 43.8 Å². The van der Waals surface area contributed by atoms with Gasteiger partial charge in [-0.25, -0.2) is 9.78 Å². The zero-order valence-corrected chi connectivity index (χ0v) is 14.2. The molecule has 1 fully saturated rings. The molecule has 0 spiro atoms. The molecule has 0 unspecified atom stereocenters. The summed E-state index contributed by atoms with van der Waals surface area (Å²) in [7, 11) is 0. The molecule has 0 bridgehead atoms. The van der Waals surface area contributed by atoms with Crippen LogP contribution in [0.15, 0.2) is 5.38 Å². The number of urea groups is 1. The molecule has 22 heavy (non-hydrogen) atoms. The van der Waals surface area contributed by atoms with Gasteiger partial charge in [-0.15, -0.1) is 11.3 Å². The normalized spacial score (nSPS) is 19.6. The summed E-state index contributed by atoms with van der Waals surface area (Å²) in [5.74, 6) is -0.00754. The number of piperidine rings is 1. The Labute approximate surface area is 135 Å². The summed E-state index contributed by atoms with van der Waals surface area (Å²) in [6, 6.07) is -0.597. The van der Waals surface area contributed by atoms with Crippen molar-refractivity contribution in [3.05, 3.63) is 16.1 Å². The maximum Gasteiger partial charge on any atom is 0.315 e. The number of aryl methyl sites for hydroxylation is 1. The van der Waals surface area contributed by atoms with E-state index in [0.717, 1.165) is 30.1 Å². The third kappa shape index (κ3) is 4.43. The van der Waals surface area contributed by atoms with Gasteiger partial charge in [-0.05, 0) is 40.0 Å². The monoisotopic (exact) mass is 324 g/mol. The zero-order valence-electron chi connectivity index (χ0n) is 13.4. The van der Waals surface area contributed by atoms with E-state index in [9.17, 15) is 9.59 Å². The minimum atomic E-state index is -0.516. The van der Waals surface area contributed by atoms with Gasteiger partial charge < -0.3 is 15.5 Å². The average Bonchev–Trinajstić information content (AvgIpc) is 2.90. The molecular formula is C15H24N4O2S. The average molecular weight is 324 g/mol. The van der Waals surface area contributed by atoms with E-state index < -0.39 is 6.04 Å². The Balaban J connectivity index is 1.78. The van der Waals surface area contributed by atoms with Gasteiger partial charge in [0.05, 0.1) is 17.2 Å². The van der Waals surface area contributed by atoms with Crippen molar-refractivity contribution in [3.8, 4) is 0 Å². The maximum absolute atomic E-state index is 12.4. The molecule has 7 heteroatoms. The van der Waals surface area contributed by atoms with Crippen LogP contribution in [0.2, 0.25) is 0 Å². The molecule has 1 aromatic rings. The number of carbonyl (C=O) groups is 2. The molecule has 0 aromatic carbocycles. The molecule has 1 saturated heterocycles. The number of hydrogen-bond donors (Lipinski definition) is 2. The van der Waals surface area contributed by atoms with Crippen molar-refractivity contribution in [1.29, 1.82) is 0 Å². The van der Waals surface area contributed by atoms with Crippen molar-refractivity contribution in [2.45, 2.75) is 58.7 Å². The molecule has 0 aliphatic carbocycles. The summed E-state index contributed by atoms with van der Waals surface area (Å²) in [5.41, 5.74) is 0.835. The molecule has 1 aliphatic heterocycles. The minimum Gasteiger partial charge on any atom is -0.338 e. The molecule has 2 heterocycles. The first-order chi connectivity index (χ1) is 10.5. The van der Waals surface area contributed by atoms with E-state index in [4.69, 9.17) is 0 Å². The number of carbonyl (C=O) groups excluding carboxylic acids is 2. The first kappa shape index (κ1) is 16.7. The second kappa shape index (κ2) is 7.58. The van der Waals surface area contributed by atoms with Gasteiger partial charge in [-0.2, -0.15) is 0 Å². The van der Waals surface area contributed by atoms with Gasteiger partial charge in [0.1, 0.15) is 6.04 Å². The van der Waals surface area contributed by atoms with Crippen molar-refractivity contribution in [2.24, 2.45) is 0 Å². The van der Waals surface area contributed by atoms with Crippen LogP contribution in [0.5, 0.6) is 0 Å². The van der Waals surface area contributed by atoms with Gasteiger partial charge in [0.15, 0.2) is 0 Å². The predicted molar refractivity (Wildman–Crippen MR) is 86.7 cm³/mol. The van der Waals surface area contributed by atoms with E-state index in [2.05, 4.69) is 22.5 Å². The van der Waals surface area contributed by atoms with Crippen molar-refractivity contribution in [3.63, 3.8) is 0 Å². The number of thiazole rings is 1. The third-order valence-corrected chi connectivity index (χ3v) is 4.72. The van der Waals surface area contributed by atoms with Gasteiger partial charge >= 0.3 is 6.03 Å². The van der Waals surface area contributed by atoms with E-state index in [-0.39, 0.29) is 18.0 Å². The first-order valence-electron chi connectivity index (χ1n) is 7.73. The fourth-order valence-corrected chi connectivity index (χ4v) is 3.26. The van der Waals surface area contributed by atoms with Gasteiger partial charge in [-0.1, -0.05) is 0 Å². The summed E-state index contributed by atoms with van der Waals surface area (Å²) < 4.78 is 0. The largest absolute Gasteiger partial charge is 0.338 e. The van der Waals surface area contributed by atoms with Crippen LogP contribution in [0.3, 0.4) is 0 Å². The topological polar surface area (TPSA) is 74.3 Å². The molecule has 6 nitrogen and oxygen atoms in total. The van der Waals surface area contributed by atoms with E-state index in [1.807, 2.05) is 17.2 Å². The first-order valence-corrected chi connectivity index (χ1v) is 8.61. The summed E-state index contributed by atoms with van der Waals surface area (Å²) in [4.78, 5) is 30.4. The summed E-state index contributed by atoms with van der Waals surface area (Å²) >= 11 is 1.55. The van der Waals surface area contributed by atoms with E-state index in [0.29, 0.717) is 6.54 Å². The number of amides is 3. The number of aromatic nitrogens is 1. The van der Waals surface area contributed by atoms with Crippen LogP contribution in [-0.4, -0.2) is 40.5 Å². The molecule has 1 aromatic heterocycles. The molecule has 0 saturated carbocycles. The molecule has 2 atom stereocenters. The highest BCUT2D eigenvalue weighted by Crippen LogP contribution is 2.17. The lowest BCUT2D eigenvalue weighted by atomic mass is 10.0. The lowest BCUT2D eigenvalue weighted by molar-refractivity contribution is -0.136. The number of nitrogens with zero attached hydrogens (tertiary/aromatic N) is 2. The van der Waals surface area contributed by atoms with Crippen LogP contribution in [0.25, 0.3) is 0 Å². The quantitative estimate of drug-likeness (QED) is 0.890. The Morgan fingerprint density at radius 3 is 2.91 bits per heavy atom. The van der Waals surface area contributed by atoms with E-state index in [1.165, 1.54) is 6.42 Å². The van der Waals surface area contributed by atoms with Crippen molar-refractivity contribution in [1.82, 2.24) is 20.5 Å². The van der Waals surface area contributed by atoms with Crippen LogP contribution in [0, 0.1) is 6.92 Å². The lowest BCUT2D eigenvalue weighted by Crippen LogP contribution is -2.53. The van der Waals surface area contributed by atoms with Crippen molar-refractivity contribution < 1.29 is 9.59 Å². The van der Waals surface area contributed by atoms with Crippen LogP contribution >= 0.6 is 11.3 Å². The highest BCUT2D eigenvalue weighted by molar-refractivity contribution is 7.09. The lowest BCUT2D eigenvalue weighted by Gasteiger charge is -2.35. The van der Waals surface area contributed by atoms with Crippen molar-refractivity contribution in [2.75, 3.05) is 6.54 Å². The molecule has 0 radical (unpaired) electrons. The molecule has 2 rings (SSSR count). The summed E-state index contributed by atoms with van der Waals surface area (Å²) in [5, 5.41) is 8.33. The van der Waals surface area contributed by atoms with Crippen LogP contribution in [0.4, 0.5) is 4.79 Å². The van der Waals surface area contributed by atoms with E-state index in [1.54, 1.807) is 18.3 Å². The van der Waals surface area contributed by atoms with Gasteiger partial charge in [0.2, 0.25) is 5.91 Å². The van der Waals surface area contributed by atoms with Gasteiger partial charge in [-0.3, -0.25) is 4.79 Å². The Morgan fingerprint density at radius 1 is 1.50 bits per heavy atom. The number of nitrogens with one attached hydrogen (secondary N) is 2. The fraction of sp³-hybridized carbons (Fsp3) is 0.667. The Morgan fingerprint density at radius 2 is 2.27 bits per heavy atom. The third-order valence-electron chi connectivity index (χ3n) is 3.90. The van der Waals surface area contributed by atoms with E-state index >= 15 is 0 Å². The second-order valence-electron chi connectivity index (χ2n) is 5.78. The van der Waals surface area contributed by atoms with Crippen molar-refractivity contribution >= 4 is 23.3 Å². The van der Waals surface area contributed by atoms with Crippen LogP contribution < -0.4 is 10.6 Å². The number of hydrogen-bond acceptors (Lipinski definition) is 4. The summed E-state index contributed by atoms with van der Waals surface area (Å²) in [6.07, 6.45) is 3.24. The molecule has 3 amide bonds. The summed E-state index contributed by atoms with van der Waals surface area (Å²) in [6.45, 7) is 6.88. The van der Waals surface area contributed by atoms with Gasteiger partial charge in [0, 0.05) is 18.0 Å². The maximum atomic E-state index is 12.4. The Hall–Kier alpha value is -1.63.